The van der Waals surface area contributed by atoms with Crippen LogP contribution in [0.4, 0.5) is 5.00 Å². The number of rotatable bonds is 3. The van der Waals surface area contributed by atoms with E-state index in [0.29, 0.717) is 5.56 Å². The minimum atomic E-state index is -0.285. The van der Waals surface area contributed by atoms with E-state index in [1.807, 2.05) is 19.1 Å². The average molecular weight is 302 g/mol. The van der Waals surface area contributed by atoms with E-state index in [1.165, 1.54) is 17.1 Å². The van der Waals surface area contributed by atoms with Crippen LogP contribution in [0.1, 0.15) is 46.1 Å². The molecule has 2 aromatic rings. The van der Waals surface area contributed by atoms with Crippen molar-refractivity contribution in [3.63, 3.8) is 0 Å². The Balaban J connectivity index is 1.84. The number of aryl methyl sites for hydroxylation is 2. The van der Waals surface area contributed by atoms with Crippen molar-refractivity contribution in [3.8, 4) is 0 Å². The van der Waals surface area contributed by atoms with E-state index in [9.17, 15) is 4.79 Å². The zero-order valence-corrected chi connectivity index (χ0v) is 13.0. The van der Waals surface area contributed by atoms with Gasteiger partial charge in [0, 0.05) is 7.05 Å². The van der Waals surface area contributed by atoms with Crippen molar-refractivity contribution in [2.45, 2.75) is 32.3 Å². The maximum Gasteiger partial charge on any atom is 0.343 e. The topological polar surface area (TPSA) is 51.2 Å². The van der Waals surface area contributed by atoms with Gasteiger partial charge in [-0.25, -0.2) is 4.79 Å². The fourth-order valence-corrected chi connectivity index (χ4v) is 3.53. The van der Waals surface area contributed by atoms with Crippen LogP contribution < -0.4 is 5.32 Å². The highest BCUT2D eigenvalue weighted by Gasteiger charge is 2.26. The first kappa shape index (κ1) is 14.1. The second-order valence-electron chi connectivity index (χ2n) is 5.21. The normalized spacial score (nSPS) is 17.1. The minimum absolute atomic E-state index is 0.147. The zero-order valence-electron chi connectivity index (χ0n) is 12.2. The lowest BCUT2D eigenvalue weighted by atomic mass is 9.89. The summed E-state index contributed by atoms with van der Waals surface area (Å²) >= 11 is 1.29. The Hall–Kier alpha value is -1.88. The summed E-state index contributed by atoms with van der Waals surface area (Å²) < 4.78 is 10.00. The molecule has 0 radical (unpaired) electrons. The predicted molar refractivity (Wildman–Crippen MR) is 83.9 cm³/mol. The third kappa shape index (κ3) is 2.65. The molecule has 0 saturated carbocycles. The SMILES string of the molecule is CNc1snc(C)c1C(=O)OC1CCCc2ccccc21. The quantitative estimate of drug-likeness (QED) is 0.878. The van der Waals surface area contributed by atoms with Crippen LogP contribution in [-0.2, 0) is 11.2 Å². The van der Waals surface area contributed by atoms with E-state index in [2.05, 4.69) is 21.8 Å². The molecule has 1 heterocycles. The van der Waals surface area contributed by atoms with Crippen LogP contribution in [0.25, 0.3) is 0 Å². The lowest BCUT2D eigenvalue weighted by Crippen LogP contribution is -2.17. The lowest BCUT2D eigenvalue weighted by molar-refractivity contribution is 0.0257. The maximum absolute atomic E-state index is 12.5. The summed E-state index contributed by atoms with van der Waals surface area (Å²) in [4.78, 5) is 12.5. The molecule has 1 aromatic carbocycles. The standard InChI is InChI=1S/C16H18N2O2S/c1-10-14(15(17-2)21-18-10)16(19)20-13-9-5-7-11-6-3-4-8-12(11)13/h3-4,6,8,13,17H,5,7,9H2,1-2H3. The summed E-state index contributed by atoms with van der Waals surface area (Å²) in [7, 11) is 1.79. The number of hydrogen-bond donors (Lipinski definition) is 1. The van der Waals surface area contributed by atoms with Crippen LogP contribution in [0.15, 0.2) is 24.3 Å². The van der Waals surface area contributed by atoms with E-state index in [-0.39, 0.29) is 12.1 Å². The Morgan fingerprint density at radius 3 is 3.05 bits per heavy atom. The van der Waals surface area contributed by atoms with Crippen LogP contribution in [0.3, 0.4) is 0 Å². The highest BCUT2D eigenvalue weighted by molar-refractivity contribution is 7.10. The maximum atomic E-state index is 12.5. The number of esters is 1. The Labute approximate surface area is 128 Å². The van der Waals surface area contributed by atoms with E-state index in [4.69, 9.17) is 4.74 Å². The summed E-state index contributed by atoms with van der Waals surface area (Å²) in [6, 6.07) is 8.21. The second kappa shape index (κ2) is 5.85. The van der Waals surface area contributed by atoms with Gasteiger partial charge in [0.1, 0.15) is 16.7 Å². The van der Waals surface area contributed by atoms with Crippen LogP contribution in [-0.4, -0.2) is 17.4 Å². The molecule has 0 aliphatic heterocycles. The molecule has 1 aliphatic rings. The van der Waals surface area contributed by atoms with Gasteiger partial charge in [0.2, 0.25) is 0 Å². The number of carbonyl (C=O) groups excluding carboxylic acids is 1. The summed E-state index contributed by atoms with van der Waals surface area (Å²) in [6.45, 7) is 1.84. The molecule has 0 bridgehead atoms. The van der Waals surface area contributed by atoms with Gasteiger partial charge in [0.25, 0.3) is 0 Å². The molecule has 3 rings (SSSR count). The Morgan fingerprint density at radius 2 is 2.24 bits per heavy atom. The van der Waals surface area contributed by atoms with Gasteiger partial charge < -0.3 is 10.1 Å². The molecule has 0 amide bonds. The van der Waals surface area contributed by atoms with Crippen molar-refractivity contribution in [2.24, 2.45) is 0 Å². The van der Waals surface area contributed by atoms with E-state index in [1.54, 1.807) is 7.05 Å². The molecule has 1 aliphatic carbocycles. The minimum Gasteiger partial charge on any atom is -0.454 e. The smallest absolute Gasteiger partial charge is 0.343 e. The predicted octanol–water partition coefficient (Wildman–Crippen LogP) is 3.73. The largest absolute Gasteiger partial charge is 0.454 e. The van der Waals surface area contributed by atoms with Crippen LogP contribution >= 0.6 is 11.5 Å². The molecule has 1 atom stereocenters. The third-order valence-corrected chi connectivity index (χ3v) is 4.81. The Morgan fingerprint density at radius 1 is 1.43 bits per heavy atom. The van der Waals surface area contributed by atoms with Gasteiger partial charge in [-0.3, -0.25) is 0 Å². The summed E-state index contributed by atoms with van der Waals surface area (Å²) in [5, 5.41) is 3.77. The van der Waals surface area contributed by atoms with Gasteiger partial charge in [-0.05, 0) is 48.8 Å². The van der Waals surface area contributed by atoms with E-state index < -0.39 is 0 Å². The fraction of sp³-hybridized carbons (Fsp3) is 0.375. The van der Waals surface area contributed by atoms with E-state index in [0.717, 1.165) is 35.5 Å². The van der Waals surface area contributed by atoms with Gasteiger partial charge in [-0.15, -0.1) is 0 Å². The molecule has 5 heteroatoms. The monoisotopic (exact) mass is 302 g/mol. The number of hydrogen-bond acceptors (Lipinski definition) is 5. The number of benzene rings is 1. The number of anilines is 1. The molecule has 21 heavy (non-hydrogen) atoms. The summed E-state index contributed by atoms with van der Waals surface area (Å²) in [6.07, 6.45) is 2.85. The highest BCUT2D eigenvalue weighted by Crippen LogP contribution is 2.34. The average Bonchev–Trinajstić information content (AvgIpc) is 2.88. The molecule has 4 nitrogen and oxygen atoms in total. The number of ether oxygens (including phenoxy) is 1. The summed E-state index contributed by atoms with van der Waals surface area (Å²) in [5.74, 6) is -0.285. The number of nitrogens with zero attached hydrogens (tertiary/aromatic N) is 1. The third-order valence-electron chi connectivity index (χ3n) is 3.86. The molecule has 0 fully saturated rings. The van der Waals surface area contributed by atoms with Crippen molar-refractivity contribution in [1.82, 2.24) is 4.37 Å². The first-order valence-electron chi connectivity index (χ1n) is 7.13. The molecule has 1 unspecified atom stereocenters. The second-order valence-corrected chi connectivity index (χ2v) is 5.98. The van der Waals surface area contributed by atoms with Gasteiger partial charge in [-0.2, -0.15) is 4.37 Å². The first-order valence-corrected chi connectivity index (χ1v) is 7.91. The molecule has 1 aromatic heterocycles. The molecule has 0 saturated heterocycles. The molecule has 0 spiro atoms. The number of fused-ring (bicyclic) bond motifs is 1. The summed E-state index contributed by atoms with van der Waals surface area (Å²) in [5.41, 5.74) is 3.71. The van der Waals surface area contributed by atoms with Gasteiger partial charge >= 0.3 is 5.97 Å². The van der Waals surface area contributed by atoms with Crippen molar-refractivity contribution >= 4 is 22.5 Å². The van der Waals surface area contributed by atoms with Gasteiger partial charge in [0.15, 0.2) is 0 Å². The Bertz CT molecular complexity index is 666. The van der Waals surface area contributed by atoms with Crippen LogP contribution in [0.5, 0.6) is 0 Å². The Kier molecular flexibility index (Phi) is 3.92. The molecular weight excluding hydrogens is 284 g/mol. The van der Waals surface area contributed by atoms with Crippen molar-refractivity contribution in [3.05, 3.63) is 46.6 Å². The first-order chi connectivity index (χ1) is 10.2. The van der Waals surface area contributed by atoms with Crippen molar-refractivity contribution in [2.75, 3.05) is 12.4 Å². The van der Waals surface area contributed by atoms with Gasteiger partial charge in [-0.1, -0.05) is 24.3 Å². The highest BCUT2D eigenvalue weighted by atomic mass is 32.1. The van der Waals surface area contributed by atoms with Crippen LogP contribution in [0, 0.1) is 6.92 Å². The van der Waals surface area contributed by atoms with Crippen molar-refractivity contribution < 1.29 is 9.53 Å². The van der Waals surface area contributed by atoms with Gasteiger partial charge in [0.05, 0.1) is 5.69 Å². The van der Waals surface area contributed by atoms with E-state index >= 15 is 0 Å². The molecule has 1 N–H and O–H groups in total. The number of aromatic nitrogens is 1. The fourth-order valence-electron chi connectivity index (χ4n) is 2.80. The lowest BCUT2D eigenvalue weighted by Gasteiger charge is -2.25. The van der Waals surface area contributed by atoms with Crippen molar-refractivity contribution in [1.29, 1.82) is 0 Å². The van der Waals surface area contributed by atoms with Crippen LogP contribution in [0.2, 0.25) is 0 Å². The zero-order chi connectivity index (χ0) is 14.8. The molecule has 110 valence electrons. The number of carbonyl (C=O) groups is 1. The number of nitrogens with one attached hydrogen (secondary N) is 1. The molecular formula is C16H18N2O2S.